The predicted octanol–water partition coefficient (Wildman–Crippen LogP) is 1.83. The summed E-state index contributed by atoms with van der Waals surface area (Å²) in [6, 6.07) is 5.93. The number of nitrogens with one attached hydrogen (secondary N) is 1. The molecule has 1 N–H and O–H groups in total. The lowest BCUT2D eigenvalue weighted by atomic mass is 10.1. The third-order valence-electron chi connectivity index (χ3n) is 4.57. The molecule has 1 atom stereocenters. The number of carbonyl (C=O) groups excluding carboxylic acids is 2. The molecule has 2 heterocycles. The highest BCUT2D eigenvalue weighted by molar-refractivity contribution is 6.31. The summed E-state index contributed by atoms with van der Waals surface area (Å²) in [4.78, 5) is 27.8. The van der Waals surface area contributed by atoms with E-state index < -0.39 is 0 Å². The lowest BCUT2D eigenvalue weighted by Crippen LogP contribution is -2.51. The molecule has 2 aliphatic heterocycles. The molecule has 0 aliphatic carbocycles. The van der Waals surface area contributed by atoms with E-state index in [1.165, 1.54) is 6.92 Å². The monoisotopic (exact) mass is 335 g/mol. The average molecular weight is 336 g/mol. The van der Waals surface area contributed by atoms with Gasteiger partial charge in [0, 0.05) is 43.3 Å². The van der Waals surface area contributed by atoms with Gasteiger partial charge < -0.3 is 15.1 Å². The van der Waals surface area contributed by atoms with Crippen molar-refractivity contribution in [3.05, 3.63) is 28.8 Å². The van der Waals surface area contributed by atoms with E-state index in [2.05, 4.69) is 10.2 Å². The highest BCUT2D eigenvalue weighted by Crippen LogP contribution is 2.33. The van der Waals surface area contributed by atoms with Crippen molar-refractivity contribution < 1.29 is 9.59 Å². The molecule has 6 heteroatoms. The summed E-state index contributed by atoms with van der Waals surface area (Å²) in [6.45, 7) is 4.10. The fourth-order valence-electron chi connectivity index (χ4n) is 3.49. The number of hydrogen-bond acceptors (Lipinski definition) is 3. The normalized spacial score (nSPS) is 20.3. The number of carbonyl (C=O) groups is 2. The van der Waals surface area contributed by atoms with Gasteiger partial charge in [0.1, 0.15) is 0 Å². The van der Waals surface area contributed by atoms with Crippen LogP contribution in [0.3, 0.4) is 0 Å². The van der Waals surface area contributed by atoms with Crippen molar-refractivity contribution in [1.82, 2.24) is 10.2 Å². The van der Waals surface area contributed by atoms with Crippen LogP contribution < -0.4 is 10.2 Å². The molecule has 124 valence electrons. The molecule has 0 spiro atoms. The first-order chi connectivity index (χ1) is 11.0. The van der Waals surface area contributed by atoms with Gasteiger partial charge in [-0.1, -0.05) is 17.7 Å². The van der Waals surface area contributed by atoms with Gasteiger partial charge in [0.2, 0.25) is 11.8 Å². The van der Waals surface area contributed by atoms with Crippen LogP contribution in [0, 0.1) is 0 Å². The molecule has 1 aromatic carbocycles. The van der Waals surface area contributed by atoms with Crippen molar-refractivity contribution in [2.45, 2.75) is 32.2 Å². The van der Waals surface area contributed by atoms with Crippen molar-refractivity contribution in [2.24, 2.45) is 0 Å². The topological polar surface area (TPSA) is 52.7 Å². The van der Waals surface area contributed by atoms with Crippen LogP contribution in [-0.4, -0.2) is 48.9 Å². The Balaban J connectivity index is 1.62. The SMILES string of the molecule is CC(=O)NC1CCCN(C(=O)CN2CCc3c(Cl)cccc32)C1. The van der Waals surface area contributed by atoms with Crippen LogP contribution in [0.15, 0.2) is 18.2 Å². The maximum atomic E-state index is 12.6. The van der Waals surface area contributed by atoms with E-state index in [1.807, 2.05) is 23.1 Å². The van der Waals surface area contributed by atoms with Gasteiger partial charge >= 0.3 is 0 Å². The van der Waals surface area contributed by atoms with Crippen molar-refractivity contribution in [3.8, 4) is 0 Å². The van der Waals surface area contributed by atoms with Crippen molar-refractivity contribution in [1.29, 1.82) is 0 Å². The lowest BCUT2D eigenvalue weighted by molar-refractivity contribution is -0.132. The second-order valence-corrected chi connectivity index (χ2v) is 6.70. The zero-order chi connectivity index (χ0) is 16.4. The van der Waals surface area contributed by atoms with E-state index in [1.54, 1.807) is 0 Å². The first-order valence-corrected chi connectivity index (χ1v) is 8.49. The molecule has 1 unspecified atom stereocenters. The standard InChI is InChI=1S/C17H22ClN3O2/c1-12(22)19-13-4-3-8-21(10-13)17(23)11-20-9-7-14-15(18)5-2-6-16(14)20/h2,5-6,13H,3-4,7-11H2,1H3,(H,19,22). The molecule has 0 bridgehead atoms. The zero-order valence-corrected chi connectivity index (χ0v) is 14.1. The number of halogens is 1. The first kappa shape index (κ1) is 16.1. The van der Waals surface area contributed by atoms with Crippen LogP contribution in [0.1, 0.15) is 25.3 Å². The van der Waals surface area contributed by atoms with E-state index in [4.69, 9.17) is 11.6 Å². The number of amides is 2. The molecule has 23 heavy (non-hydrogen) atoms. The van der Waals surface area contributed by atoms with Crippen LogP contribution in [0.5, 0.6) is 0 Å². The molecule has 1 aromatic rings. The fraction of sp³-hybridized carbons (Fsp3) is 0.529. The number of likely N-dealkylation sites (tertiary alicyclic amines) is 1. The van der Waals surface area contributed by atoms with Gasteiger partial charge in [0.15, 0.2) is 0 Å². The quantitative estimate of drug-likeness (QED) is 0.917. The van der Waals surface area contributed by atoms with Gasteiger partial charge in [-0.3, -0.25) is 9.59 Å². The van der Waals surface area contributed by atoms with Crippen LogP contribution in [0.4, 0.5) is 5.69 Å². The molecule has 0 aromatic heterocycles. The minimum absolute atomic E-state index is 0.0348. The van der Waals surface area contributed by atoms with Crippen LogP contribution in [-0.2, 0) is 16.0 Å². The summed E-state index contributed by atoms with van der Waals surface area (Å²) in [5, 5.41) is 3.70. The predicted molar refractivity (Wildman–Crippen MR) is 90.8 cm³/mol. The second kappa shape index (κ2) is 6.79. The maximum Gasteiger partial charge on any atom is 0.242 e. The Bertz CT molecular complexity index is 620. The van der Waals surface area contributed by atoms with Gasteiger partial charge in [0.05, 0.1) is 6.54 Å². The Morgan fingerprint density at radius 1 is 1.35 bits per heavy atom. The van der Waals surface area contributed by atoms with Gasteiger partial charge in [-0.2, -0.15) is 0 Å². The van der Waals surface area contributed by atoms with Gasteiger partial charge in [-0.05, 0) is 37.0 Å². The average Bonchev–Trinajstić information content (AvgIpc) is 2.91. The molecule has 3 rings (SSSR count). The largest absolute Gasteiger partial charge is 0.362 e. The Hall–Kier alpha value is -1.75. The number of piperidine rings is 1. The highest BCUT2D eigenvalue weighted by atomic mass is 35.5. The summed E-state index contributed by atoms with van der Waals surface area (Å²) < 4.78 is 0. The number of hydrogen-bond donors (Lipinski definition) is 1. The number of rotatable bonds is 3. The Labute approximate surface area is 141 Å². The number of fused-ring (bicyclic) bond motifs is 1. The Morgan fingerprint density at radius 3 is 2.96 bits per heavy atom. The van der Waals surface area contributed by atoms with Crippen LogP contribution >= 0.6 is 11.6 Å². The highest BCUT2D eigenvalue weighted by Gasteiger charge is 2.28. The third-order valence-corrected chi connectivity index (χ3v) is 4.93. The third kappa shape index (κ3) is 3.61. The molecule has 0 saturated carbocycles. The van der Waals surface area contributed by atoms with Crippen molar-refractivity contribution >= 4 is 29.1 Å². The molecule has 2 aliphatic rings. The van der Waals surface area contributed by atoms with Gasteiger partial charge in [-0.25, -0.2) is 0 Å². The van der Waals surface area contributed by atoms with E-state index >= 15 is 0 Å². The minimum atomic E-state index is -0.0348. The van der Waals surface area contributed by atoms with Gasteiger partial charge in [0.25, 0.3) is 0 Å². The minimum Gasteiger partial charge on any atom is -0.362 e. The Morgan fingerprint density at radius 2 is 2.17 bits per heavy atom. The summed E-state index contributed by atoms with van der Waals surface area (Å²) in [6.07, 6.45) is 2.75. The Kier molecular flexibility index (Phi) is 4.76. The van der Waals surface area contributed by atoms with Crippen LogP contribution in [0.2, 0.25) is 5.02 Å². The molecule has 1 fully saturated rings. The molecule has 0 radical (unpaired) electrons. The molecule has 1 saturated heterocycles. The van der Waals surface area contributed by atoms with Crippen LogP contribution in [0.25, 0.3) is 0 Å². The number of anilines is 1. The second-order valence-electron chi connectivity index (χ2n) is 6.29. The smallest absolute Gasteiger partial charge is 0.242 e. The van der Waals surface area contributed by atoms with E-state index in [0.717, 1.165) is 48.6 Å². The summed E-state index contributed by atoms with van der Waals surface area (Å²) in [5.74, 6) is 0.0836. The summed E-state index contributed by atoms with van der Waals surface area (Å²) >= 11 is 6.23. The van der Waals surface area contributed by atoms with Crippen molar-refractivity contribution in [3.63, 3.8) is 0 Å². The number of nitrogens with zero attached hydrogens (tertiary/aromatic N) is 2. The number of benzene rings is 1. The van der Waals surface area contributed by atoms with Crippen molar-refractivity contribution in [2.75, 3.05) is 31.1 Å². The fourth-order valence-corrected chi connectivity index (χ4v) is 3.76. The zero-order valence-electron chi connectivity index (χ0n) is 13.3. The molecule has 5 nitrogen and oxygen atoms in total. The summed E-state index contributed by atoms with van der Waals surface area (Å²) in [7, 11) is 0. The first-order valence-electron chi connectivity index (χ1n) is 8.12. The maximum absolute atomic E-state index is 12.6. The van der Waals surface area contributed by atoms with E-state index in [9.17, 15) is 9.59 Å². The summed E-state index contributed by atoms with van der Waals surface area (Å²) in [5.41, 5.74) is 2.21. The molecular weight excluding hydrogens is 314 g/mol. The lowest BCUT2D eigenvalue weighted by Gasteiger charge is -2.34. The molecular formula is C17H22ClN3O2. The molecule has 2 amide bonds. The van der Waals surface area contributed by atoms with E-state index in [-0.39, 0.29) is 17.9 Å². The van der Waals surface area contributed by atoms with Gasteiger partial charge in [-0.15, -0.1) is 0 Å². The van der Waals surface area contributed by atoms with E-state index in [0.29, 0.717) is 13.1 Å².